The van der Waals surface area contributed by atoms with Crippen molar-refractivity contribution < 1.29 is 4.79 Å². The van der Waals surface area contributed by atoms with Gasteiger partial charge >= 0.3 is 0 Å². The van der Waals surface area contributed by atoms with Crippen molar-refractivity contribution in [1.82, 2.24) is 0 Å². The molecule has 4 heteroatoms. The van der Waals surface area contributed by atoms with E-state index in [0.29, 0.717) is 21.1 Å². The highest BCUT2D eigenvalue weighted by Gasteiger charge is 2.23. The van der Waals surface area contributed by atoms with Gasteiger partial charge in [0, 0.05) is 39.9 Å². The molecule has 0 radical (unpaired) electrons. The Labute approximate surface area is 111 Å². The van der Waals surface area contributed by atoms with Crippen LogP contribution in [0.5, 0.6) is 0 Å². The summed E-state index contributed by atoms with van der Waals surface area (Å²) in [6.45, 7) is 6.42. The van der Waals surface area contributed by atoms with Crippen molar-refractivity contribution >= 4 is 35.3 Å². The molecule has 17 heavy (non-hydrogen) atoms. The lowest BCUT2D eigenvalue weighted by Gasteiger charge is -2.36. The van der Waals surface area contributed by atoms with E-state index in [4.69, 9.17) is 11.6 Å². The summed E-state index contributed by atoms with van der Waals surface area (Å²) in [7, 11) is 0. The number of thioether (sulfide) groups is 1. The van der Waals surface area contributed by atoms with Gasteiger partial charge in [0.05, 0.1) is 0 Å². The fourth-order valence-corrected chi connectivity index (χ4v) is 3.79. The number of anilines is 1. The zero-order valence-corrected chi connectivity index (χ0v) is 11.6. The molecule has 2 nitrogen and oxygen atoms in total. The van der Waals surface area contributed by atoms with Crippen LogP contribution < -0.4 is 4.90 Å². The quantitative estimate of drug-likeness (QED) is 0.767. The topological polar surface area (TPSA) is 20.3 Å². The third kappa shape index (κ3) is 2.96. The summed E-state index contributed by atoms with van der Waals surface area (Å²) < 4.78 is 0. The molecule has 0 amide bonds. The van der Waals surface area contributed by atoms with Crippen LogP contribution in [0.1, 0.15) is 24.2 Å². The highest BCUT2D eigenvalue weighted by molar-refractivity contribution is 8.00. The molecule has 0 bridgehead atoms. The molecule has 1 fully saturated rings. The Bertz CT molecular complexity index is 414. The standard InChI is InChI=1S/C13H16ClNOS/c1-9-6-15(7-10(2)17-9)13-4-3-12(14)5-11(13)8-16/h3-5,8-10H,6-7H2,1-2H3. The lowest BCUT2D eigenvalue weighted by atomic mass is 10.1. The first-order valence-corrected chi connectivity index (χ1v) is 7.07. The van der Waals surface area contributed by atoms with Gasteiger partial charge in [-0.05, 0) is 18.2 Å². The summed E-state index contributed by atoms with van der Waals surface area (Å²) in [6, 6.07) is 5.53. The smallest absolute Gasteiger partial charge is 0.152 e. The van der Waals surface area contributed by atoms with Crippen molar-refractivity contribution in [3.05, 3.63) is 28.8 Å². The molecular formula is C13H16ClNOS. The average Bonchev–Trinajstić information content (AvgIpc) is 2.27. The molecule has 1 aliphatic rings. The maximum atomic E-state index is 11.1. The average molecular weight is 270 g/mol. The van der Waals surface area contributed by atoms with Crippen molar-refractivity contribution in [2.75, 3.05) is 18.0 Å². The maximum absolute atomic E-state index is 11.1. The Hall–Kier alpha value is -0.670. The number of nitrogens with zero attached hydrogens (tertiary/aromatic N) is 1. The number of hydrogen-bond acceptors (Lipinski definition) is 3. The molecule has 0 aromatic heterocycles. The zero-order valence-electron chi connectivity index (χ0n) is 10.0. The number of benzene rings is 1. The van der Waals surface area contributed by atoms with Gasteiger partial charge in [0.15, 0.2) is 6.29 Å². The van der Waals surface area contributed by atoms with Gasteiger partial charge in [0.25, 0.3) is 0 Å². The van der Waals surface area contributed by atoms with Crippen LogP contribution >= 0.6 is 23.4 Å². The second kappa shape index (κ2) is 5.32. The summed E-state index contributed by atoms with van der Waals surface area (Å²) in [5.41, 5.74) is 1.69. The molecule has 0 aliphatic carbocycles. The number of aldehydes is 1. The predicted molar refractivity (Wildman–Crippen MR) is 75.6 cm³/mol. The summed E-state index contributed by atoms with van der Waals surface area (Å²) in [4.78, 5) is 13.4. The van der Waals surface area contributed by atoms with E-state index in [2.05, 4.69) is 18.7 Å². The van der Waals surface area contributed by atoms with Crippen LogP contribution in [-0.4, -0.2) is 29.9 Å². The zero-order chi connectivity index (χ0) is 12.4. The van der Waals surface area contributed by atoms with Crippen molar-refractivity contribution in [2.45, 2.75) is 24.3 Å². The summed E-state index contributed by atoms with van der Waals surface area (Å²) in [6.07, 6.45) is 0.887. The minimum atomic E-state index is 0.592. The van der Waals surface area contributed by atoms with Crippen molar-refractivity contribution in [3.63, 3.8) is 0 Å². The Morgan fingerprint density at radius 3 is 2.59 bits per heavy atom. The summed E-state index contributed by atoms with van der Waals surface area (Å²) in [5.74, 6) is 0. The van der Waals surface area contributed by atoms with E-state index in [1.165, 1.54) is 0 Å². The second-order valence-electron chi connectivity index (χ2n) is 4.48. The molecule has 2 rings (SSSR count). The van der Waals surface area contributed by atoms with Crippen molar-refractivity contribution in [2.24, 2.45) is 0 Å². The maximum Gasteiger partial charge on any atom is 0.152 e. The largest absolute Gasteiger partial charge is 0.369 e. The molecular weight excluding hydrogens is 254 g/mol. The van der Waals surface area contributed by atoms with Crippen molar-refractivity contribution in [3.8, 4) is 0 Å². The van der Waals surface area contributed by atoms with E-state index in [0.717, 1.165) is 25.1 Å². The van der Waals surface area contributed by atoms with Crippen LogP contribution in [0.3, 0.4) is 0 Å². The van der Waals surface area contributed by atoms with Crippen LogP contribution in [0.4, 0.5) is 5.69 Å². The monoisotopic (exact) mass is 269 g/mol. The molecule has 0 spiro atoms. The van der Waals surface area contributed by atoms with E-state index in [1.807, 2.05) is 23.9 Å². The van der Waals surface area contributed by atoms with Gasteiger partial charge < -0.3 is 4.90 Å². The fourth-order valence-electron chi connectivity index (χ4n) is 2.28. The van der Waals surface area contributed by atoms with Gasteiger partial charge in [-0.1, -0.05) is 25.4 Å². The first-order valence-electron chi connectivity index (χ1n) is 5.75. The van der Waals surface area contributed by atoms with Gasteiger partial charge in [-0.2, -0.15) is 11.8 Å². The molecule has 1 aromatic carbocycles. The van der Waals surface area contributed by atoms with E-state index in [9.17, 15) is 4.79 Å². The Morgan fingerprint density at radius 2 is 2.00 bits per heavy atom. The molecule has 1 aliphatic heterocycles. The second-order valence-corrected chi connectivity index (χ2v) is 6.80. The summed E-state index contributed by atoms with van der Waals surface area (Å²) in [5, 5.41) is 1.80. The first kappa shape index (κ1) is 12.8. The van der Waals surface area contributed by atoms with Crippen LogP contribution in [0, 0.1) is 0 Å². The van der Waals surface area contributed by atoms with E-state index in [1.54, 1.807) is 6.07 Å². The van der Waals surface area contributed by atoms with E-state index >= 15 is 0 Å². The highest BCUT2D eigenvalue weighted by atomic mass is 35.5. The lowest BCUT2D eigenvalue weighted by molar-refractivity contribution is 0.112. The van der Waals surface area contributed by atoms with Crippen LogP contribution in [0.2, 0.25) is 5.02 Å². The minimum Gasteiger partial charge on any atom is -0.369 e. The van der Waals surface area contributed by atoms with E-state index < -0.39 is 0 Å². The normalized spacial score (nSPS) is 24.8. The lowest BCUT2D eigenvalue weighted by Crippen LogP contribution is -2.40. The third-order valence-electron chi connectivity index (χ3n) is 2.88. The number of rotatable bonds is 2. The first-order chi connectivity index (χ1) is 8.10. The molecule has 1 aromatic rings. The molecule has 1 saturated heterocycles. The Kier molecular flexibility index (Phi) is 4.00. The molecule has 92 valence electrons. The molecule has 1 heterocycles. The fraction of sp³-hybridized carbons (Fsp3) is 0.462. The minimum absolute atomic E-state index is 0.592. The van der Waals surface area contributed by atoms with Crippen LogP contribution in [0.15, 0.2) is 18.2 Å². The van der Waals surface area contributed by atoms with Crippen molar-refractivity contribution in [1.29, 1.82) is 0 Å². The highest BCUT2D eigenvalue weighted by Crippen LogP contribution is 2.31. The van der Waals surface area contributed by atoms with E-state index in [-0.39, 0.29) is 0 Å². The number of carbonyl (C=O) groups excluding carboxylic acids is 1. The molecule has 2 atom stereocenters. The molecule has 0 saturated carbocycles. The van der Waals surface area contributed by atoms with Gasteiger partial charge in [-0.25, -0.2) is 0 Å². The van der Waals surface area contributed by atoms with Gasteiger partial charge in [0.2, 0.25) is 0 Å². The Balaban J connectivity index is 2.29. The van der Waals surface area contributed by atoms with Gasteiger partial charge in [-0.15, -0.1) is 0 Å². The number of hydrogen-bond donors (Lipinski definition) is 0. The number of halogens is 1. The molecule has 2 unspecified atom stereocenters. The molecule has 0 N–H and O–H groups in total. The van der Waals surface area contributed by atoms with Gasteiger partial charge in [0.1, 0.15) is 0 Å². The number of carbonyl (C=O) groups is 1. The SMILES string of the molecule is CC1CN(c2ccc(Cl)cc2C=O)CC(C)S1. The Morgan fingerprint density at radius 1 is 1.35 bits per heavy atom. The van der Waals surface area contributed by atoms with Crippen LogP contribution in [-0.2, 0) is 0 Å². The summed E-state index contributed by atoms with van der Waals surface area (Å²) >= 11 is 7.91. The van der Waals surface area contributed by atoms with Gasteiger partial charge in [-0.3, -0.25) is 4.79 Å². The predicted octanol–water partition coefficient (Wildman–Crippen LogP) is 3.48. The third-order valence-corrected chi connectivity index (χ3v) is 4.34. The van der Waals surface area contributed by atoms with Crippen LogP contribution in [0.25, 0.3) is 0 Å².